The third kappa shape index (κ3) is 1.74. The van der Waals surface area contributed by atoms with Gasteiger partial charge in [0.05, 0.1) is 0 Å². The van der Waals surface area contributed by atoms with Crippen molar-refractivity contribution in [2.24, 2.45) is 0 Å². The molecule has 0 aliphatic rings. The summed E-state index contributed by atoms with van der Waals surface area (Å²) in [7, 11) is 1.84. The molecular weight excluding hydrogens is 152 g/mol. The summed E-state index contributed by atoms with van der Waals surface area (Å²) in [6.45, 7) is 3.83. The van der Waals surface area contributed by atoms with Gasteiger partial charge in [0, 0.05) is 29.6 Å². The lowest BCUT2D eigenvalue weighted by Gasteiger charge is -2.08. The largest absolute Gasteiger partial charge is 0.365 e. The molecule has 3 nitrogen and oxygen atoms in total. The third-order valence-electron chi connectivity index (χ3n) is 1.99. The molecule has 0 aliphatic heterocycles. The first kappa shape index (κ1) is 9.00. The van der Waals surface area contributed by atoms with E-state index in [1.807, 2.05) is 20.9 Å². The second-order valence-electron chi connectivity index (χ2n) is 2.95. The van der Waals surface area contributed by atoms with Crippen molar-refractivity contribution in [2.45, 2.75) is 19.9 Å². The number of aromatic nitrogens is 1. The van der Waals surface area contributed by atoms with Crippen LogP contribution >= 0.6 is 0 Å². The Balaban J connectivity index is 3.10. The molecule has 3 heteroatoms. The van der Waals surface area contributed by atoms with E-state index in [-0.39, 0.29) is 11.5 Å². The van der Waals surface area contributed by atoms with Gasteiger partial charge in [-0.25, -0.2) is 0 Å². The molecular formula is C9H14N2O. The number of pyridine rings is 1. The van der Waals surface area contributed by atoms with E-state index in [0.29, 0.717) is 0 Å². The van der Waals surface area contributed by atoms with Crippen LogP contribution in [0.2, 0.25) is 0 Å². The predicted molar refractivity (Wildman–Crippen MR) is 49.3 cm³/mol. The molecule has 0 saturated carbocycles. The van der Waals surface area contributed by atoms with Crippen LogP contribution in [0.5, 0.6) is 0 Å². The second kappa shape index (κ2) is 3.54. The van der Waals surface area contributed by atoms with Gasteiger partial charge in [0.25, 0.3) is 0 Å². The van der Waals surface area contributed by atoms with Gasteiger partial charge in [-0.15, -0.1) is 0 Å². The number of aromatic amines is 1. The minimum atomic E-state index is 0.0908. The van der Waals surface area contributed by atoms with Crippen molar-refractivity contribution in [1.82, 2.24) is 10.3 Å². The number of H-pyrrole nitrogens is 1. The summed E-state index contributed by atoms with van der Waals surface area (Å²) < 4.78 is 0. The Morgan fingerprint density at radius 1 is 1.58 bits per heavy atom. The molecule has 66 valence electrons. The summed E-state index contributed by atoms with van der Waals surface area (Å²) in [5.41, 5.74) is 1.77. The number of nitrogens with one attached hydrogen (secondary N) is 2. The minimum Gasteiger partial charge on any atom is -0.365 e. The quantitative estimate of drug-likeness (QED) is 0.687. The van der Waals surface area contributed by atoms with Crippen molar-refractivity contribution >= 4 is 0 Å². The number of hydrogen-bond donors (Lipinski definition) is 2. The van der Waals surface area contributed by atoms with E-state index in [0.717, 1.165) is 11.3 Å². The van der Waals surface area contributed by atoms with Crippen LogP contribution in [0.4, 0.5) is 0 Å². The monoisotopic (exact) mass is 166 g/mol. The van der Waals surface area contributed by atoms with E-state index in [4.69, 9.17) is 0 Å². The molecule has 0 saturated heterocycles. The summed E-state index contributed by atoms with van der Waals surface area (Å²) >= 11 is 0. The third-order valence-corrected chi connectivity index (χ3v) is 1.99. The zero-order chi connectivity index (χ0) is 9.14. The number of rotatable bonds is 2. The fourth-order valence-electron chi connectivity index (χ4n) is 1.08. The average molecular weight is 166 g/mol. The van der Waals surface area contributed by atoms with Crippen LogP contribution in [0.15, 0.2) is 17.1 Å². The maximum absolute atomic E-state index is 11.4. The van der Waals surface area contributed by atoms with Crippen molar-refractivity contribution in [3.05, 3.63) is 33.7 Å². The average Bonchev–Trinajstić information content (AvgIpc) is 2.03. The van der Waals surface area contributed by atoms with Gasteiger partial charge >= 0.3 is 0 Å². The van der Waals surface area contributed by atoms with Crippen molar-refractivity contribution < 1.29 is 0 Å². The maximum Gasteiger partial charge on any atom is 0.186 e. The van der Waals surface area contributed by atoms with Gasteiger partial charge in [-0.2, -0.15) is 0 Å². The van der Waals surface area contributed by atoms with Crippen LogP contribution in [0.3, 0.4) is 0 Å². The van der Waals surface area contributed by atoms with Crippen LogP contribution in [0.25, 0.3) is 0 Å². The first-order valence-corrected chi connectivity index (χ1v) is 4.01. The van der Waals surface area contributed by atoms with Crippen molar-refractivity contribution in [3.63, 3.8) is 0 Å². The molecule has 2 N–H and O–H groups in total. The Bertz CT molecular complexity index is 317. The Morgan fingerprint density at radius 2 is 2.25 bits per heavy atom. The van der Waals surface area contributed by atoms with Gasteiger partial charge in [0.2, 0.25) is 0 Å². The Kier molecular flexibility index (Phi) is 2.65. The summed E-state index contributed by atoms with van der Waals surface area (Å²) in [5.74, 6) is 0. The Labute approximate surface area is 71.8 Å². The zero-order valence-electron chi connectivity index (χ0n) is 7.64. The van der Waals surface area contributed by atoms with Gasteiger partial charge in [-0.05, 0) is 20.9 Å². The fourth-order valence-corrected chi connectivity index (χ4v) is 1.08. The van der Waals surface area contributed by atoms with E-state index in [2.05, 4.69) is 10.3 Å². The Morgan fingerprint density at radius 3 is 2.75 bits per heavy atom. The highest BCUT2D eigenvalue weighted by Crippen LogP contribution is 2.04. The van der Waals surface area contributed by atoms with Crippen LogP contribution < -0.4 is 10.7 Å². The molecule has 0 fully saturated rings. The molecule has 1 aromatic heterocycles. The number of hydrogen-bond acceptors (Lipinski definition) is 2. The van der Waals surface area contributed by atoms with E-state index in [9.17, 15) is 4.79 Å². The molecule has 0 bridgehead atoms. The maximum atomic E-state index is 11.4. The molecule has 1 heterocycles. The first-order chi connectivity index (χ1) is 5.65. The summed E-state index contributed by atoms with van der Waals surface area (Å²) in [6.07, 6.45) is 1.76. The molecule has 1 rings (SSSR count). The van der Waals surface area contributed by atoms with Gasteiger partial charge in [0.15, 0.2) is 5.43 Å². The molecule has 0 amide bonds. The minimum absolute atomic E-state index is 0.0908. The van der Waals surface area contributed by atoms with E-state index >= 15 is 0 Å². The van der Waals surface area contributed by atoms with Gasteiger partial charge in [-0.1, -0.05) is 0 Å². The lowest BCUT2D eigenvalue weighted by Crippen LogP contribution is -2.20. The predicted octanol–water partition coefficient (Wildman–Crippen LogP) is 0.964. The molecule has 1 aromatic rings. The lowest BCUT2D eigenvalue weighted by atomic mass is 10.1. The molecule has 0 spiro atoms. The topological polar surface area (TPSA) is 44.9 Å². The van der Waals surface area contributed by atoms with Gasteiger partial charge in [-0.3, -0.25) is 4.79 Å². The first-order valence-electron chi connectivity index (χ1n) is 4.01. The van der Waals surface area contributed by atoms with Crippen LogP contribution in [-0.2, 0) is 0 Å². The SMILES string of the molecule is CNC(C)c1c[nH]c(C)cc1=O. The molecule has 0 aliphatic carbocycles. The highest BCUT2D eigenvalue weighted by molar-refractivity contribution is 5.16. The molecule has 0 aromatic carbocycles. The van der Waals surface area contributed by atoms with Crippen LogP contribution in [-0.4, -0.2) is 12.0 Å². The van der Waals surface area contributed by atoms with Crippen LogP contribution in [0, 0.1) is 6.92 Å². The van der Waals surface area contributed by atoms with Gasteiger partial charge < -0.3 is 10.3 Å². The van der Waals surface area contributed by atoms with Crippen molar-refractivity contribution in [2.75, 3.05) is 7.05 Å². The summed E-state index contributed by atoms with van der Waals surface area (Å²) in [6, 6.07) is 1.72. The van der Waals surface area contributed by atoms with E-state index in [1.165, 1.54) is 0 Å². The smallest absolute Gasteiger partial charge is 0.186 e. The highest BCUT2D eigenvalue weighted by Gasteiger charge is 2.05. The normalized spacial score (nSPS) is 12.9. The van der Waals surface area contributed by atoms with E-state index < -0.39 is 0 Å². The zero-order valence-corrected chi connectivity index (χ0v) is 7.64. The fraction of sp³-hybridized carbons (Fsp3) is 0.444. The van der Waals surface area contributed by atoms with Gasteiger partial charge in [0.1, 0.15) is 0 Å². The molecule has 12 heavy (non-hydrogen) atoms. The lowest BCUT2D eigenvalue weighted by molar-refractivity contribution is 0.644. The summed E-state index contributed by atoms with van der Waals surface area (Å²) in [5, 5.41) is 3.02. The second-order valence-corrected chi connectivity index (χ2v) is 2.95. The standard InChI is InChI=1S/C9H14N2O/c1-6-4-9(12)8(5-11-6)7(2)10-3/h4-5,7,10H,1-3H3,(H,11,12). The molecule has 1 unspecified atom stereocenters. The highest BCUT2D eigenvalue weighted by atomic mass is 16.1. The van der Waals surface area contributed by atoms with Crippen molar-refractivity contribution in [1.29, 1.82) is 0 Å². The summed E-state index contributed by atoms with van der Waals surface area (Å²) in [4.78, 5) is 14.4. The van der Waals surface area contributed by atoms with Crippen LogP contribution in [0.1, 0.15) is 24.2 Å². The van der Waals surface area contributed by atoms with Crippen molar-refractivity contribution in [3.8, 4) is 0 Å². The Hall–Kier alpha value is -1.09. The molecule has 0 radical (unpaired) electrons. The number of aryl methyl sites for hydroxylation is 1. The van der Waals surface area contributed by atoms with E-state index in [1.54, 1.807) is 12.3 Å². The molecule has 1 atom stereocenters.